The summed E-state index contributed by atoms with van der Waals surface area (Å²) in [6.07, 6.45) is 3.30. The van der Waals surface area contributed by atoms with Crippen LogP contribution in [0, 0.1) is 0 Å². The highest BCUT2D eigenvalue weighted by Crippen LogP contribution is 2.31. The van der Waals surface area contributed by atoms with E-state index in [1.165, 1.54) is 0 Å². The van der Waals surface area contributed by atoms with E-state index in [9.17, 15) is 4.79 Å². The van der Waals surface area contributed by atoms with Gasteiger partial charge in [-0.05, 0) is 48.9 Å². The smallest absolute Gasteiger partial charge is 0.246 e. The van der Waals surface area contributed by atoms with Crippen molar-refractivity contribution in [2.75, 3.05) is 34.0 Å². The largest absolute Gasteiger partial charge is 0.497 e. The van der Waals surface area contributed by atoms with Gasteiger partial charge in [0.1, 0.15) is 24.7 Å². The normalized spacial score (nSPS) is 12.7. The van der Waals surface area contributed by atoms with Crippen molar-refractivity contribution in [3.05, 3.63) is 53.6 Å². The Morgan fingerprint density at radius 1 is 1.07 bits per heavy atom. The van der Waals surface area contributed by atoms with Gasteiger partial charge >= 0.3 is 0 Å². The molecular formula is C22H25NO5. The molecule has 1 amide bonds. The number of hydrogen-bond donors (Lipinski definition) is 0. The summed E-state index contributed by atoms with van der Waals surface area (Å²) >= 11 is 0. The van der Waals surface area contributed by atoms with Crippen LogP contribution in [0.1, 0.15) is 18.1 Å². The van der Waals surface area contributed by atoms with Gasteiger partial charge in [-0.2, -0.15) is 0 Å². The summed E-state index contributed by atoms with van der Waals surface area (Å²) in [5.41, 5.74) is 1.78. The first kappa shape index (κ1) is 19.6. The molecule has 0 saturated carbocycles. The van der Waals surface area contributed by atoms with Crippen LogP contribution in [-0.4, -0.2) is 44.8 Å². The summed E-state index contributed by atoms with van der Waals surface area (Å²) in [5.74, 6) is 2.77. The molecule has 6 heteroatoms. The average Bonchev–Trinajstić information content (AvgIpc) is 2.75. The maximum Gasteiger partial charge on any atom is 0.246 e. The summed E-state index contributed by atoms with van der Waals surface area (Å²) in [7, 11) is 3.20. The van der Waals surface area contributed by atoms with Crippen molar-refractivity contribution in [2.45, 2.75) is 13.5 Å². The lowest BCUT2D eigenvalue weighted by Gasteiger charge is -2.22. The van der Waals surface area contributed by atoms with Gasteiger partial charge < -0.3 is 23.8 Å². The van der Waals surface area contributed by atoms with E-state index in [1.54, 1.807) is 31.3 Å². The number of nitrogens with zero attached hydrogens (tertiary/aromatic N) is 1. The highest BCUT2D eigenvalue weighted by Gasteiger charge is 2.15. The Hall–Kier alpha value is -3.15. The molecule has 1 heterocycles. The Balaban J connectivity index is 1.72. The Labute approximate surface area is 165 Å². The van der Waals surface area contributed by atoms with Crippen LogP contribution in [0.5, 0.6) is 23.0 Å². The van der Waals surface area contributed by atoms with Crippen LogP contribution < -0.4 is 18.9 Å². The minimum atomic E-state index is -0.0812. The van der Waals surface area contributed by atoms with Crippen molar-refractivity contribution in [3.63, 3.8) is 0 Å². The van der Waals surface area contributed by atoms with Crippen LogP contribution in [0.25, 0.3) is 6.08 Å². The highest BCUT2D eigenvalue weighted by molar-refractivity contribution is 5.92. The third kappa shape index (κ3) is 4.57. The summed E-state index contributed by atoms with van der Waals surface area (Å²) in [6, 6.07) is 11.2. The zero-order chi connectivity index (χ0) is 19.9. The maximum absolute atomic E-state index is 12.7. The van der Waals surface area contributed by atoms with Gasteiger partial charge in [-0.1, -0.05) is 6.07 Å². The van der Waals surface area contributed by atoms with Gasteiger partial charge in [-0.25, -0.2) is 0 Å². The molecule has 0 saturated heterocycles. The van der Waals surface area contributed by atoms with Crippen LogP contribution in [0.2, 0.25) is 0 Å². The molecule has 1 aliphatic heterocycles. The van der Waals surface area contributed by atoms with Gasteiger partial charge in [0, 0.05) is 24.7 Å². The van der Waals surface area contributed by atoms with Gasteiger partial charge in [-0.3, -0.25) is 4.79 Å². The fourth-order valence-electron chi connectivity index (χ4n) is 2.99. The monoisotopic (exact) mass is 383 g/mol. The number of benzene rings is 2. The van der Waals surface area contributed by atoms with Crippen molar-refractivity contribution in [2.24, 2.45) is 0 Å². The second-order valence-electron chi connectivity index (χ2n) is 6.27. The highest BCUT2D eigenvalue weighted by atomic mass is 16.6. The molecule has 2 aromatic carbocycles. The number of carbonyl (C=O) groups excluding carboxylic acids is 1. The van der Waals surface area contributed by atoms with E-state index in [0.717, 1.165) is 22.6 Å². The van der Waals surface area contributed by atoms with Crippen molar-refractivity contribution in [1.29, 1.82) is 0 Å². The average molecular weight is 383 g/mol. The fraction of sp³-hybridized carbons (Fsp3) is 0.318. The number of carbonyl (C=O) groups is 1. The number of methoxy groups -OCH3 is 2. The first-order valence-corrected chi connectivity index (χ1v) is 9.22. The summed E-state index contributed by atoms with van der Waals surface area (Å²) in [5, 5.41) is 0. The molecule has 0 unspecified atom stereocenters. The second kappa shape index (κ2) is 9.17. The molecule has 0 spiro atoms. The second-order valence-corrected chi connectivity index (χ2v) is 6.27. The van der Waals surface area contributed by atoms with E-state index in [-0.39, 0.29) is 5.91 Å². The maximum atomic E-state index is 12.7. The first-order valence-electron chi connectivity index (χ1n) is 9.22. The van der Waals surface area contributed by atoms with E-state index in [4.69, 9.17) is 18.9 Å². The molecule has 0 fully saturated rings. The molecule has 1 aliphatic rings. The topological polar surface area (TPSA) is 57.2 Å². The number of likely N-dealkylation sites (N-methyl/N-ethyl adjacent to an activating group) is 1. The fourth-order valence-corrected chi connectivity index (χ4v) is 2.99. The van der Waals surface area contributed by atoms with E-state index < -0.39 is 0 Å². The molecule has 148 valence electrons. The van der Waals surface area contributed by atoms with Crippen LogP contribution in [0.3, 0.4) is 0 Å². The summed E-state index contributed by atoms with van der Waals surface area (Å²) in [4.78, 5) is 14.5. The quantitative estimate of drug-likeness (QED) is 0.685. The molecule has 2 aromatic rings. The minimum absolute atomic E-state index is 0.0812. The molecule has 3 rings (SSSR count). The van der Waals surface area contributed by atoms with Crippen LogP contribution in [0.4, 0.5) is 0 Å². The van der Waals surface area contributed by atoms with Crippen molar-refractivity contribution in [3.8, 4) is 23.0 Å². The van der Waals surface area contributed by atoms with Gasteiger partial charge in [-0.15, -0.1) is 0 Å². The first-order chi connectivity index (χ1) is 13.6. The molecule has 0 atom stereocenters. The number of fused-ring (bicyclic) bond motifs is 1. The van der Waals surface area contributed by atoms with Crippen LogP contribution in [-0.2, 0) is 11.3 Å². The molecular weight excluding hydrogens is 358 g/mol. The molecule has 28 heavy (non-hydrogen) atoms. The standard InChI is InChI=1S/C22H25NO5/c1-4-23(15-16-5-8-20-21(13-16)28-12-11-27-20)22(24)10-6-17-14-18(25-2)7-9-19(17)26-3/h5-10,13-14H,4,11-12,15H2,1-3H3/b10-6+. The van der Waals surface area contributed by atoms with E-state index >= 15 is 0 Å². The lowest BCUT2D eigenvalue weighted by Crippen LogP contribution is -2.28. The zero-order valence-corrected chi connectivity index (χ0v) is 16.4. The Morgan fingerprint density at radius 3 is 2.57 bits per heavy atom. The third-order valence-electron chi connectivity index (χ3n) is 4.52. The molecule has 0 bridgehead atoms. The molecule has 0 aromatic heterocycles. The number of rotatable bonds is 7. The number of hydrogen-bond acceptors (Lipinski definition) is 5. The minimum Gasteiger partial charge on any atom is -0.497 e. The Morgan fingerprint density at radius 2 is 1.86 bits per heavy atom. The lowest BCUT2D eigenvalue weighted by atomic mass is 10.1. The Kier molecular flexibility index (Phi) is 6.42. The Bertz CT molecular complexity index is 862. The van der Waals surface area contributed by atoms with Crippen molar-refractivity contribution >= 4 is 12.0 Å². The van der Waals surface area contributed by atoms with Crippen molar-refractivity contribution < 1.29 is 23.7 Å². The van der Waals surface area contributed by atoms with E-state index in [2.05, 4.69) is 0 Å². The van der Waals surface area contributed by atoms with E-state index in [1.807, 2.05) is 43.3 Å². The number of ether oxygens (including phenoxy) is 4. The van der Waals surface area contributed by atoms with Gasteiger partial charge in [0.2, 0.25) is 5.91 Å². The van der Waals surface area contributed by atoms with Gasteiger partial charge in [0.25, 0.3) is 0 Å². The van der Waals surface area contributed by atoms with Crippen LogP contribution >= 0.6 is 0 Å². The van der Waals surface area contributed by atoms with Gasteiger partial charge in [0.15, 0.2) is 11.5 Å². The molecule has 0 radical (unpaired) electrons. The zero-order valence-electron chi connectivity index (χ0n) is 16.4. The van der Waals surface area contributed by atoms with Gasteiger partial charge in [0.05, 0.1) is 14.2 Å². The summed E-state index contributed by atoms with van der Waals surface area (Å²) in [6.45, 7) is 4.14. The van der Waals surface area contributed by atoms with E-state index in [0.29, 0.717) is 37.8 Å². The molecule has 0 aliphatic carbocycles. The molecule has 0 N–H and O–H groups in total. The summed E-state index contributed by atoms with van der Waals surface area (Å²) < 4.78 is 21.8. The predicted molar refractivity (Wildman–Crippen MR) is 107 cm³/mol. The lowest BCUT2D eigenvalue weighted by molar-refractivity contribution is -0.126. The van der Waals surface area contributed by atoms with Crippen molar-refractivity contribution in [1.82, 2.24) is 4.90 Å². The number of amides is 1. The predicted octanol–water partition coefficient (Wildman–Crippen LogP) is 3.54. The van der Waals surface area contributed by atoms with Crippen LogP contribution in [0.15, 0.2) is 42.5 Å². The SMILES string of the molecule is CCN(Cc1ccc2c(c1)OCCO2)C(=O)/C=C/c1cc(OC)ccc1OC. The third-order valence-corrected chi connectivity index (χ3v) is 4.52. The molecule has 6 nitrogen and oxygen atoms in total.